The third-order valence-electron chi connectivity index (χ3n) is 6.23. The minimum Gasteiger partial charge on any atom is -0.469 e. The highest BCUT2D eigenvalue weighted by molar-refractivity contribution is 5.68. The van der Waals surface area contributed by atoms with Crippen LogP contribution in [-0.4, -0.2) is 36.5 Å². The number of hydrogen-bond acceptors (Lipinski definition) is 4. The van der Waals surface area contributed by atoms with Gasteiger partial charge in [0.1, 0.15) is 0 Å². The molecule has 2 aliphatic rings. The van der Waals surface area contributed by atoms with E-state index in [1.165, 1.54) is 32.8 Å². The summed E-state index contributed by atoms with van der Waals surface area (Å²) in [4.78, 5) is 11.2. The lowest BCUT2D eigenvalue weighted by Gasteiger charge is -2.22. The van der Waals surface area contributed by atoms with Gasteiger partial charge in [-0.15, -0.1) is 0 Å². The van der Waals surface area contributed by atoms with Crippen molar-refractivity contribution in [1.82, 2.24) is 0 Å². The molecule has 1 aliphatic heterocycles. The van der Waals surface area contributed by atoms with Crippen molar-refractivity contribution in [3.8, 4) is 0 Å². The van der Waals surface area contributed by atoms with Crippen molar-refractivity contribution >= 4 is 5.97 Å². The summed E-state index contributed by atoms with van der Waals surface area (Å²) < 4.78 is 11.0. The molecule has 0 aromatic carbocycles. The summed E-state index contributed by atoms with van der Waals surface area (Å²) in [7, 11) is 1.44. The summed E-state index contributed by atoms with van der Waals surface area (Å²) in [6.07, 6.45) is 15.1. The van der Waals surface area contributed by atoms with Gasteiger partial charge in [-0.1, -0.05) is 45.3 Å². The minimum absolute atomic E-state index is 0.131. The van der Waals surface area contributed by atoms with Gasteiger partial charge in [0.05, 0.1) is 25.4 Å². The number of allylic oxidation sites excluding steroid dienone is 1. The van der Waals surface area contributed by atoms with Crippen LogP contribution in [0, 0.1) is 17.8 Å². The molecule has 1 N–H and O–H groups in total. The number of esters is 1. The summed E-state index contributed by atoms with van der Waals surface area (Å²) in [6, 6.07) is 0. The third-order valence-corrected chi connectivity index (χ3v) is 6.23. The van der Waals surface area contributed by atoms with Crippen LogP contribution in [0.1, 0.15) is 78.1 Å². The monoisotopic (exact) mass is 366 g/mol. The summed E-state index contributed by atoms with van der Waals surface area (Å²) in [5, 5.41) is 10.4. The molecule has 1 saturated heterocycles. The van der Waals surface area contributed by atoms with Crippen molar-refractivity contribution in [2.45, 2.75) is 96.4 Å². The van der Waals surface area contributed by atoms with E-state index in [0.717, 1.165) is 32.1 Å². The Kier molecular flexibility index (Phi) is 9.13. The number of carbonyl (C=O) groups is 1. The van der Waals surface area contributed by atoms with E-state index in [2.05, 4.69) is 26.0 Å². The maximum Gasteiger partial charge on any atom is 0.305 e. The third kappa shape index (κ3) is 6.09. The van der Waals surface area contributed by atoms with Crippen LogP contribution >= 0.6 is 0 Å². The van der Waals surface area contributed by atoms with Gasteiger partial charge in [0.25, 0.3) is 0 Å². The van der Waals surface area contributed by atoms with Crippen LogP contribution in [0.3, 0.4) is 0 Å². The van der Waals surface area contributed by atoms with Gasteiger partial charge in [0.15, 0.2) is 0 Å². The van der Waals surface area contributed by atoms with Crippen LogP contribution in [0.5, 0.6) is 0 Å². The van der Waals surface area contributed by atoms with Crippen LogP contribution in [0.4, 0.5) is 0 Å². The van der Waals surface area contributed by atoms with E-state index in [9.17, 15) is 9.90 Å². The molecule has 26 heavy (non-hydrogen) atoms. The molecular formula is C22H38O4. The molecule has 150 valence electrons. The number of aliphatic hydroxyl groups is 1. The Bertz CT molecular complexity index is 447. The molecule has 1 aliphatic carbocycles. The van der Waals surface area contributed by atoms with Crippen molar-refractivity contribution in [2.75, 3.05) is 7.11 Å². The number of fused-ring (bicyclic) bond motifs is 1. The first-order valence-corrected chi connectivity index (χ1v) is 10.6. The van der Waals surface area contributed by atoms with E-state index < -0.39 is 0 Å². The molecule has 0 aromatic rings. The Morgan fingerprint density at radius 1 is 1.27 bits per heavy atom. The molecule has 0 radical (unpaired) electrons. The highest BCUT2D eigenvalue weighted by atomic mass is 16.5. The second-order valence-corrected chi connectivity index (χ2v) is 8.22. The smallest absolute Gasteiger partial charge is 0.305 e. The molecule has 0 aromatic heterocycles. The van der Waals surface area contributed by atoms with Gasteiger partial charge in [0.2, 0.25) is 0 Å². The molecule has 4 heteroatoms. The van der Waals surface area contributed by atoms with Gasteiger partial charge in [-0.05, 0) is 43.9 Å². The molecule has 1 heterocycles. The fourth-order valence-electron chi connectivity index (χ4n) is 4.55. The number of ether oxygens (including phenoxy) is 2. The van der Waals surface area contributed by atoms with E-state index in [1.54, 1.807) is 0 Å². The minimum atomic E-state index is -0.257. The molecule has 0 spiro atoms. The van der Waals surface area contributed by atoms with E-state index >= 15 is 0 Å². The van der Waals surface area contributed by atoms with Crippen molar-refractivity contribution in [3.05, 3.63) is 12.2 Å². The van der Waals surface area contributed by atoms with E-state index in [0.29, 0.717) is 18.3 Å². The average molecular weight is 367 g/mol. The van der Waals surface area contributed by atoms with Crippen molar-refractivity contribution in [3.63, 3.8) is 0 Å². The van der Waals surface area contributed by atoms with E-state index in [4.69, 9.17) is 9.47 Å². The normalized spacial score (nSPS) is 32.1. The molecular weight excluding hydrogens is 328 g/mol. The summed E-state index contributed by atoms with van der Waals surface area (Å²) in [6.45, 7) is 4.45. The van der Waals surface area contributed by atoms with Gasteiger partial charge in [-0.3, -0.25) is 4.79 Å². The van der Waals surface area contributed by atoms with Gasteiger partial charge in [-0.25, -0.2) is 0 Å². The van der Waals surface area contributed by atoms with E-state index in [1.807, 2.05) is 0 Å². The molecule has 4 nitrogen and oxygen atoms in total. The van der Waals surface area contributed by atoms with Crippen molar-refractivity contribution in [2.24, 2.45) is 17.8 Å². The first kappa shape index (κ1) is 21.4. The SMILES string of the molecule is CCCCCC/C=C/C1[C@H](O)C[C@@H]2OC(C(C)CCCC(=O)OC)C[C@H]12. The summed E-state index contributed by atoms with van der Waals surface area (Å²) in [5.41, 5.74) is 0. The van der Waals surface area contributed by atoms with Gasteiger partial charge in [-0.2, -0.15) is 0 Å². The zero-order chi connectivity index (χ0) is 18.9. The maximum atomic E-state index is 11.2. The lowest BCUT2D eigenvalue weighted by Crippen LogP contribution is -2.22. The predicted octanol–water partition coefficient (Wildman–Crippen LogP) is 4.65. The topological polar surface area (TPSA) is 55.8 Å². The average Bonchev–Trinajstić information content (AvgIpc) is 3.15. The Morgan fingerprint density at radius 2 is 2.08 bits per heavy atom. The van der Waals surface area contributed by atoms with Crippen LogP contribution < -0.4 is 0 Å². The van der Waals surface area contributed by atoms with Crippen molar-refractivity contribution < 1.29 is 19.4 Å². The van der Waals surface area contributed by atoms with Gasteiger partial charge < -0.3 is 14.6 Å². The lowest BCUT2D eigenvalue weighted by molar-refractivity contribution is -0.140. The van der Waals surface area contributed by atoms with Gasteiger partial charge >= 0.3 is 5.97 Å². The van der Waals surface area contributed by atoms with Crippen LogP contribution in [-0.2, 0) is 14.3 Å². The number of methoxy groups -OCH3 is 1. The molecule has 2 rings (SSSR count). The fourth-order valence-corrected chi connectivity index (χ4v) is 4.55. The number of hydrogen-bond donors (Lipinski definition) is 1. The van der Waals surface area contributed by atoms with E-state index in [-0.39, 0.29) is 30.2 Å². The highest BCUT2D eigenvalue weighted by Crippen LogP contribution is 2.46. The predicted molar refractivity (Wildman–Crippen MR) is 104 cm³/mol. The van der Waals surface area contributed by atoms with Gasteiger partial charge in [0, 0.05) is 18.8 Å². The lowest BCUT2D eigenvalue weighted by atomic mass is 9.86. The highest BCUT2D eigenvalue weighted by Gasteiger charge is 2.48. The number of unbranched alkanes of at least 4 members (excludes halogenated alkanes) is 4. The van der Waals surface area contributed by atoms with Crippen LogP contribution in [0.15, 0.2) is 12.2 Å². The molecule has 0 amide bonds. The number of carbonyl (C=O) groups excluding carboxylic acids is 1. The van der Waals surface area contributed by atoms with Crippen LogP contribution in [0.2, 0.25) is 0 Å². The molecule has 6 atom stereocenters. The Hall–Kier alpha value is -0.870. The summed E-state index contributed by atoms with van der Waals surface area (Å²) >= 11 is 0. The molecule has 0 bridgehead atoms. The molecule has 1 saturated carbocycles. The zero-order valence-electron chi connectivity index (χ0n) is 16.9. The quantitative estimate of drug-likeness (QED) is 0.329. The largest absolute Gasteiger partial charge is 0.469 e. The Labute approximate surface area is 159 Å². The number of rotatable bonds is 11. The Balaban J connectivity index is 1.76. The first-order valence-electron chi connectivity index (χ1n) is 10.6. The number of aliphatic hydroxyl groups excluding tert-OH is 1. The first-order chi connectivity index (χ1) is 12.6. The fraction of sp³-hybridized carbons (Fsp3) is 0.864. The second-order valence-electron chi connectivity index (χ2n) is 8.22. The molecule has 3 unspecified atom stereocenters. The molecule has 2 fully saturated rings. The zero-order valence-corrected chi connectivity index (χ0v) is 16.9. The second kappa shape index (κ2) is 11.1. The standard InChI is InChI=1S/C22H38O4/c1-4-5-6-7-8-9-12-17-18-14-20(26-21(18)15-19(17)23)16(2)11-10-13-22(24)25-3/h9,12,16-21,23H,4-8,10-11,13-15H2,1-3H3/b12-9+/t16?,17?,18-,19-,20?,21+/m1/s1. The summed E-state index contributed by atoms with van der Waals surface area (Å²) in [5.74, 6) is 1.01. The maximum absolute atomic E-state index is 11.2. The Morgan fingerprint density at radius 3 is 2.81 bits per heavy atom. The van der Waals surface area contributed by atoms with Crippen molar-refractivity contribution in [1.29, 1.82) is 0 Å². The van der Waals surface area contributed by atoms with Crippen LogP contribution in [0.25, 0.3) is 0 Å².